The molecule has 2 rings (SSSR count). The average Bonchev–Trinajstić information content (AvgIpc) is 2.78. The van der Waals surface area contributed by atoms with Crippen molar-refractivity contribution in [3.05, 3.63) is 35.4 Å². The summed E-state index contributed by atoms with van der Waals surface area (Å²) >= 11 is 0. The van der Waals surface area contributed by atoms with Crippen LogP contribution >= 0.6 is 0 Å². The molecule has 0 spiro atoms. The highest BCUT2D eigenvalue weighted by atomic mass is 19.2. The van der Waals surface area contributed by atoms with Crippen molar-refractivity contribution < 1.29 is 23.5 Å². The first kappa shape index (κ1) is 17.6. The number of aliphatic hydroxyl groups excluding tert-OH is 1. The Hall–Kier alpha value is -1.77. The number of likely N-dealkylation sites (tertiary alicyclic amines) is 1. The molecular formula is C15H21F2N3O3. The third-order valence-electron chi connectivity index (χ3n) is 3.99. The number of amides is 2. The molecule has 1 aliphatic heterocycles. The Bertz CT molecular complexity index is 545. The number of nitrogens with zero attached hydrogens (tertiary/aromatic N) is 1. The van der Waals surface area contributed by atoms with E-state index in [-0.39, 0.29) is 43.8 Å². The van der Waals surface area contributed by atoms with Crippen molar-refractivity contribution in [3.63, 3.8) is 0 Å². The fraction of sp³-hybridized carbons (Fsp3) is 0.533. The van der Waals surface area contributed by atoms with E-state index >= 15 is 0 Å². The molecule has 23 heavy (non-hydrogen) atoms. The highest BCUT2D eigenvalue weighted by Gasteiger charge is 2.30. The van der Waals surface area contributed by atoms with Crippen molar-refractivity contribution in [3.8, 4) is 0 Å². The first-order valence-electron chi connectivity index (χ1n) is 7.50. The topological polar surface area (TPSA) is 87.8 Å². The summed E-state index contributed by atoms with van der Waals surface area (Å²) in [4.78, 5) is 18.4. The standard InChI is InChI=1S/C15H21F2N3O3/c16-13-3-1-2-12(14(13)17)10-4-5-11(23-18)9-20(8-10)15(22)19-6-7-21/h1-3,10-11,21H,4-9,18H2,(H,19,22)/t10-,11-/m1/s1. The Kier molecular flexibility index (Phi) is 6.26. The maximum Gasteiger partial charge on any atom is 0.317 e. The van der Waals surface area contributed by atoms with Gasteiger partial charge in [0.15, 0.2) is 11.6 Å². The molecule has 0 aromatic heterocycles. The molecule has 0 bridgehead atoms. The minimum absolute atomic E-state index is 0.114. The van der Waals surface area contributed by atoms with Gasteiger partial charge in [-0.25, -0.2) is 19.5 Å². The van der Waals surface area contributed by atoms with Crippen LogP contribution < -0.4 is 11.2 Å². The Balaban J connectivity index is 2.20. The lowest BCUT2D eigenvalue weighted by Gasteiger charge is -2.26. The summed E-state index contributed by atoms with van der Waals surface area (Å²) in [6.07, 6.45) is 0.670. The smallest absolute Gasteiger partial charge is 0.317 e. The number of urea groups is 1. The van der Waals surface area contributed by atoms with Gasteiger partial charge in [0.25, 0.3) is 0 Å². The highest BCUT2D eigenvalue weighted by molar-refractivity contribution is 5.74. The maximum absolute atomic E-state index is 14.0. The summed E-state index contributed by atoms with van der Waals surface area (Å²) in [5.41, 5.74) is 0.239. The number of aliphatic hydroxyl groups is 1. The fourth-order valence-corrected chi connectivity index (χ4v) is 2.80. The number of hydrogen-bond acceptors (Lipinski definition) is 4. The summed E-state index contributed by atoms with van der Waals surface area (Å²) in [7, 11) is 0. The molecule has 2 atom stereocenters. The molecule has 1 aromatic rings. The van der Waals surface area contributed by atoms with E-state index in [4.69, 9.17) is 15.8 Å². The summed E-state index contributed by atoms with van der Waals surface area (Å²) < 4.78 is 27.5. The molecular weight excluding hydrogens is 308 g/mol. The van der Waals surface area contributed by atoms with E-state index in [9.17, 15) is 13.6 Å². The van der Waals surface area contributed by atoms with E-state index in [2.05, 4.69) is 5.32 Å². The molecule has 0 unspecified atom stereocenters. The Labute approximate surface area is 133 Å². The molecule has 0 saturated carbocycles. The van der Waals surface area contributed by atoms with Gasteiger partial charge in [0, 0.05) is 19.0 Å². The first-order valence-corrected chi connectivity index (χ1v) is 7.50. The van der Waals surface area contributed by atoms with Crippen LogP contribution in [-0.2, 0) is 4.84 Å². The Morgan fingerprint density at radius 3 is 2.87 bits per heavy atom. The molecule has 1 fully saturated rings. The van der Waals surface area contributed by atoms with Gasteiger partial charge in [-0.2, -0.15) is 0 Å². The van der Waals surface area contributed by atoms with Crippen LogP contribution in [0, 0.1) is 11.6 Å². The highest BCUT2D eigenvalue weighted by Crippen LogP contribution is 2.29. The van der Waals surface area contributed by atoms with Crippen LogP contribution in [0.5, 0.6) is 0 Å². The van der Waals surface area contributed by atoms with E-state index in [0.717, 1.165) is 6.07 Å². The average molecular weight is 329 g/mol. The zero-order valence-corrected chi connectivity index (χ0v) is 12.7. The van der Waals surface area contributed by atoms with E-state index in [1.807, 2.05) is 0 Å². The van der Waals surface area contributed by atoms with E-state index in [1.165, 1.54) is 17.0 Å². The number of carbonyl (C=O) groups excluding carboxylic acids is 1. The lowest BCUT2D eigenvalue weighted by molar-refractivity contribution is 0.0345. The molecule has 1 aromatic carbocycles. The summed E-state index contributed by atoms with van der Waals surface area (Å²) in [5, 5.41) is 11.3. The maximum atomic E-state index is 14.0. The third kappa shape index (κ3) is 4.37. The molecule has 8 heteroatoms. The zero-order chi connectivity index (χ0) is 16.8. The van der Waals surface area contributed by atoms with Gasteiger partial charge in [0.2, 0.25) is 0 Å². The molecule has 1 saturated heterocycles. The number of halogens is 2. The molecule has 2 amide bonds. The van der Waals surface area contributed by atoms with Crippen molar-refractivity contribution in [1.82, 2.24) is 10.2 Å². The number of hydrogen-bond donors (Lipinski definition) is 3. The van der Waals surface area contributed by atoms with Crippen molar-refractivity contribution in [2.24, 2.45) is 5.90 Å². The van der Waals surface area contributed by atoms with Gasteiger partial charge in [0.1, 0.15) is 0 Å². The van der Waals surface area contributed by atoms with E-state index < -0.39 is 17.7 Å². The molecule has 4 N–H and O–H groups in total. The van der Waals surface area contributed by atoms with Crippen LogP contribution in [0.15, 0.2) is 18.2 Å². The largest absolute Gasteiger partial charge is 0.395 e. The van der Waals surface area contributed by atoms with Crippen molar-refractivity contribution in [2.45, 2.75) is 24.9 Å². The second kappa shape index (κ2) is 8.19. The minimum atomic E-state index is -0.908. The molecule has 0 radical (unpaired) electrons. The van der Waals surface area contributed by atoms with Crippen LogP contribution in [0.2, 0.25) is 0 Å². The SMILES string of the molecule is NO[C@@H]1CC[C@@H](c2cccc(F)c2F)CN(C(=O)NCCO)C1. The molecule has 1 aliphatic rings. The number of nitrogens with two attached hydrogens (primary N) is 1. The van der Waals surface area contributed by atoms with Gasteiger partial charge in [-0.1, -0.05) is 12.1 Å². The monoisotopic (exact) mass is 329 g/mol. The van der Waals surface area contributed by atoms with Crippen molar-refractivity contribution >= 4 is 6.03 Å². The van der Waals surface area contributed by atoms with E-state index in [0.29, 0.717) is 12.8 Å². The second-order valence-corrected chi connectivity index (χ2v) is 5.54. The lowest BCUT2D eigenvalue weighted by atomic mass is 9.93. The number of nitrogens with one attached hydrogen (secondary N) is 1. The minimum Gasteiger partial charge on any atom is -0.395 e. The third-order valence-corrected chi connectivity index (χ3v) is 3.99. The molecule has 0 aliphatic carbocycles. The molecule has 6 nitrogen and oxygen atoms in total. The summed E-state index contributed by atoms with van der Waals surface area (Å²) in [5.74, 6) is 3.09. The van der Waals surface area contributed by atoms with Gasteiger partial charge >= 0.3 is 6.03 Å². The Morgan fingerprint density at radius 2 is 2.17 bits per heavy atom. The summed E-state index contributed by atoms with van der Waals surface area (Å²) in [6, 6.07) is 3.64. The first-order chi connectivity index (χ1) is 11.1. The molecule has 128 valence electrons. The predicted molar refractivity (Wildman–Crippen MR) is 79.5 cm³/mol. The number of benzene rings is 1. The van der Waals surface area contributed by atoms with Crippen LogP contribution in [0.4, 0.5) is 13.6 Å². The summed E-state index contributed by atoms with van der Waals surface area (Å²) in [6.45, 7) is 0.402. The van der Waals surface area contributed by atoms with E-state index in [1.54, 1.807) is 0 Å². The van der Waals surface area contributed by atoms with Crippen LogP contribution in [0.1, 0.15) is 24.3 Å². The van der Waals surface area contributed by atoms with Crippen molar-refractivity contribution in [1.29, 1.82) is 0 Å². The number of carbonyl (C=O) groups is 1. The van der Waals surface area contributed by atoms with Crippen LogP contribution in [0.3, 0.4) is 0 Å². The van der Waals surface area contributed by atoms with Crippen molar-refractivity contribution in [2.75, 3.05) is 26.2 Å². The van der Waals surface area contributed by atoms with Crippen LogP contribution in [-0.4, -0.2) is 48.4 Å². The van der Waals surface area contributed by atoms with Gasteiger partial charge in [-0.05, 0) is 24.5 Å². The zero-order valence-electron chi connectivity index (χ0n) is 12.7. The van der Waals surface area contributed by atoms with Gasteiger partial charge < -0.3 is 15.3 Å². The predicted octanol–water partition coefficient (Wildman–Crippen LogP) is 1.10. The van der Waals surface area contributed by atoms with Crippen LogP contribution in [0.25, 0.3) is 0 Å². The number of rotatable bonds is 4. The van der Waals surface area contributed by atoms with Gasteiger partial charge in [-0.3, -0.25) is 4.84 Å². The Morgan fingerprint density at radius 1 is 1.39 bits per heavy atom. The van der Waals surface area contributed by atoms with Gasteiger partial charge in [-0.15, -0.1) is 0 Å². The lowest BCUT2D eigenvalue weighted by Crippen LogP contribution is -2.45. The molecule has 1 heterocycles. The quantitative estimate of drug-likeness (QED) is 0.722. The van der Waals surface area contributed by atoms with Gasteiger partial charge in [0.05, 0.1) is 19.3 Å². The normalized spacial score (nSPS) is 21.8. The second-order valence-electron chi connectivity index (χ2n) is 5.54. The fourth-order valence-electron chi connectivity index (χ4n) is 2.80.